The van der Waals surface area contributed by atoms with Gasteiger partial charge in [0.2, 0.25) is 0 Å². The zero-order chi connectivity index (χ0) is 11.5. The number of aryl methyl sites for hydroxylation is 2. The molecule has 0 N–H and O–H groups in total. The topological polar surface area (TPSA) is 12.9 Å². The van der Waals surface area contributed by atoms with Crippen molar-refractivity contribution in [2.24, 2.45) is 0 Å². The van der Waals surface area contributed by atoms with E-state index < -0.39 is 0 Å². The maximum absolute atomic E-state index is 4.51. The molecular weight excluding hydrogens is 302 g/mol. The number of rotatable bonds is 3. The predicted octanol–water partition coefficient (Wildman–Crippen LogP) is 4.81. The number of aromatic nitrogens is 1. The molecule has 4 heteroatoms. The number of pyridine rings is 1. The maximum atomic E-state index is 4.51. The Morgan fingerprint density at radius 1 is 1.31 bits per heavy atom. The first-order valence-corrected chi connectivity index (χ1v) is 7.60. The average Bonchev–Trinajstić information content (AvgIpc) is 2.60. The highest BCUT2D eigenvalue weighted by molar-refractivity contribution is 9.10. The Morgan fingerprint density at radius 2 is 2.12 bits per heavy atom. The van der Waals surface area contributed by atoms with Gasteiger partial charge in [-0.25, -0.2) is 4.98 Å². The predicted molar refractivity (Wildman–Crippen MR) is 75.3 cm³/mol. The van der Waals surface area contributed by atoms with E-state index in [1.165, 1.54) is 14.9 Å². The van der Waals surface area contributed by atoms with Gasteiger partial charge in [-0.05, 0) is 53.5 Å². The highest BCUT2D eigenvalue weighted by Gasteiger charge is 2.02. The van der Waals surface area contributed by atoms with E-state index in [9.17, 15) is 0 Å². The molecule has 0 unspecified atom stereocenters. The molecule has 2 heterocycles. The Hall–Kier alpha value is -0.320. The molecule has 0 saturated heterocycles. The van der Waals surface area contributed by atoms with E-state index in [0.29, 0.717) is 0 Å². The Kier molecular flexibility index (Phi) is 4.05. The molecule has 0 radical (unpaired) electrons. The molecule has 1 nitrogen and oxygen atoms in total. The van der Waals surface area contributed by atoms with Gasteiger partial charge < -0.3 is 0 Å². The zero-order valence-electron chi connectivity index (χ0n) is 9.16. The van der Waals surface area contributed by atoms with E-state index in [1.807, 2.05) is 6.92 Å². The summed E-state index contributed by atoms with van der Waals surface area (Å²) in [5.74, 6) is 0.992. The molecule has 2 aromatic rings. The summed E-state index contributed by atoms with van der Waals surface area (Å²) < 4.78 is 1.17. The third-order valence-electron chi connectivity index (χ3n) is 2.06. The van der Waals surface area contributed by atoms with Gasteiger partial charge in [-0.1, -0.05) is 0 Å². The number of hydrogen-bond acceptors (Lipinski definition) is 3. The summed E-state index contributed by atoms with van der Waals surface area (Å²) in [5, 5.41) is 3.23. The summed E-state index contributed by atoms with van der Waals surface area (Å²) in [7, 11) is 0. The number of halogens is 1. The summed E-state index contributed by atoms with van der Waals surface area (Å²) in [4.78, 5) is 5.88. The van der Waals surface area contributed by atoms with Crippen LogP contribution in [0.15, 0.2) is 33.1 Å². The van der Waals surface area contributed by atoms with Crippen LogP contribution >= 0.6 is 39.0 Å². The standard InChI is InChI=1S/C12H12BrNS2/c1-8-3-9(2)14-12(4-8)16-7-11-5-10(13)6-15-11/h3-6H,7H2,1-2H3. The van der Waals surface area contributed by atoms with Crippen LogP contribution in [-0.2, 0) is 5.75 Å². The number of thiophene rings is 1. The van der Waals surface area contributed by atoms with Gasteiger partial charge in [0.05, 0.1) is 5.03 Å². The SMILES string of the molecule is Cc1cc(C)nc(SCc2cc(Br)cs2)c1. The fourth-order valence-electron chi connectivity index (χ4n) is 1.45. The molecular formula is C12H12BrNS2. The van der Waals surface area contributed by atoms with E-state index >= 15 is 0 Å². The lowest BCUT2D eigenvalue weighted by atomic mass is 10.3. The van der Waals surface area contributed by atoms with Crippen LogP contribution in [0, 0.1) is 13.8 Å². The summed E-state index contributed by atoms with van der Waals surface area (Å²) in [6.07, 6.45) is 0. The van der Waals surface area contributed by atoms with Crippen molar-refractivity contribution in [3.63, 3.8) is 0 Å². The molecule has 0 aliphatic carbocycles. The van der Waals surface area contributed by atoms with E-state index in [2.05, 4.69) is 51.4 Å². The molecule has 84 valence electrons. The molecule has 0 bridgehead atoms. The quantitative estimate of drug-likeness (QED) is 0.754. The van der Waals surface area contributed by atoms with Crippen LogP contribution in [0.1, 0.15) is 16.1 Å². The largest absolute Gasteiger partial charge is 0.247 e. The van der Waals surface area contributed by atoms with Gasteiger partial charge in [0.15, 0.2) is 0 Å². The highest BCUT2D eigenvalue weighted by Crippen LogP contribution is 2.27. The van der Waals surface area contributed by atoms with E-state index in [1.54, 1.807) is 23.1 Å². The summed E-state index contributed by atoms with van der Waals surface area (Å²) in [5.41, 5.74) is 2.37. The molecule has 0 amide bonds. The zero-order valence-corrected chi connectivity index (χ0v) is 12.4. The summed E-state index contributed by atoms with van der Waals surface area (Å²) in [6.45, 7) is 4.15. The first-order valence-electron chi connectivity index (χ1n) is 4.94. The van der Waals surface area contributed by atoms with Gasteiger partial charge in [0.1, 0.15) is 0 Å². The molecule has 0 aliphatic heterocycles. The molecule has 2 rings (SSSR count). The third kappa shape index (κ3) is 3.34. The van der Waals surface area contributed by atoms with Crippen LogP contribution in [0.3, 0.4) is 0 Å². The van der Waals surface area contributed by atoms with Gasteiger partial charge in [0, 0.05) is 26.2 Å². The van der Waals surface area contributed by atoms with Crippen LogP contribution in [0.2, 0.25) is 0 Å². The maximum Gasteiger partial charge on any atom is 0.0969 e. The molecule has 0 saturated carbocycles. The van der Waals surface area contributed by atoms with Crippen molar-refractivity contribution in [2.45, 2.75) is 24.6 Å². The summed E-state index contributed by atoms with van der Waals surface area (Å²) >= 11 is 7.04. The molecule has 0 atom stereocenters. The van der Waals surface area contributed by atoms with Crippen LogP contribution in [-0.4, -0.2) is 4.98 Å². The van der Waals surface area contributed by atoms with Crippen LogP contribution in [0.5, 0.6) is 0 Å². The minimum atomic E-state index is 0.992. The minimum absolute atomic E-state index is 0.992. The van der Waals surface area contributed by atoms with Crippen molar-refractivity contribution in [1.29, 1.82) is 0 Å². The lowest BCUT2D eigenvalue weighted by Crippen LogP contribution is -1.87. The van der Waals surface area contributed by atoms with Crippen LogP contribution in [0.4, 0.5) is 0 Å². The molecule has 0 fully saturated rings. The second kappa shape index (κ2) is 5.34. The molecule has 2 aromatic heterocycles. The van der Waals surface area contributed by atoms with Crippen molar-refractivity contribution in [1.82, 2.24) is 4.98 Å². The fourth-order valence-corrected chi connectivity index (χ4v) is 3.99. The van der Waals surface area contributed by atoms with Gasteiger partial charge in [-0.2, -0.15) is 0 Å². The smallest absolute Gasteiger partial charge is 0.0969 e. The third-order valence-corrected chi connectivity index (χ3v) is 4.90. The van der Waals surface area contributed by atoms with Crippen molar-refractivity contribution in [3.05, 3.63) is 44.2 Å². The van der Waals surface area contributed by atoms with Crippen molar-refractivity contribution in [2.75, 3.05) is 0 Å². The van der Waals surface area contributed by atoms with Crippen molar-refractivity contribution < 1.29 is 0 Å². The van der Waals surface area contributed by atoms with Crippen LogP contribution < -0.4 is 0 Å². The fraction of sp³-hybridized carbons (Fsp3) is 0.250. The average molecular weight is 314 g/mol. The van der Waals surface area contributed by atoms with E-state index in [0.717, 1.165) is 16.5 Å². The second-order valence-corrected chi connectivity index (χ2v) is 6.55. The van der Waals surface area contributed by atoms with Crippen LogP contribution in [0.25, 0.3) is 0 Å². The van der Waals surface area contributed by atoms with Gasteiger partial charge in [-0.15, -0.1) is 23.1 Å². The first kappa shape index (κ1) is 12.1. The number of nitrogens with zero attached hydrogens (tertiary/aromatic N) is 1. The van der Waals surface area contributed by atoms with E-state index in [-0.39, 0.29) is 0 Å². The van der Waals surface area contributed by atoms with Crippen molar-refractivity contribution in [3.8, 4) is 0 Å². The second-order valence-electron chi connectivity index (χ2n) is 3.64. The molecule has 16 heavy (non-hydrogen) atoms. The number of hydrogen-bond donors (Lipinski definition) is 0. The van der Waals surface area contributed by atoms with Gasteiger partial charge in [-0.3, -0.25) is 0 Å². The number of thioether (sulfide) groups is 1. The van der Waals surface area contributed by atoms with Gasteiger partial charge in [0.25, 0.3) is 0 Å². The lowest BCUT2D eigenvalue weighted by molar-refractivity contribution is 1.05. The minimum Gasteiger partial charge on any atom is -0.247 e. The Labute approximate surface area is 112 Å². The Bertz CT molecular complexity index is 473. The molecule has 0 aliphatic rings. The molecule has 0 aromatic carbocycles. The van der Waals surface area contributed by atoms with Crippen molar-refractivity contribution >= 4 is 39.0 Å². The Morgan fingerprint density at radius 3 is 2.75 bits per heavy atom. The lowest BCUT2D eigenvalue weighted by Gasteiger charge is -2.02. The first-order chi connectivity index (χ1) is 7.63. The molecule has 0 spiro atoms. The van der Waals surface area contributed by atoms with E-state index in [4.69, 9.17) is 0 Å². The summed E-state index contributed by atoms with van der Waals surface area (Å²) in [6, 6.07) is 6.41. The Balaban J connectivity index is 2.04. The monoisotopic (exact) mass is 313 g/mol. The van der Waals surface area contributed by atoms with Gasteiger partial charge >= 0.3 is 0 Å². The normalized spacial score (nSPS) is 10.7. The highest BCUT2D eigenvalue weighted by atomic mass is 79.9.